The van der Waals surface area contributed by atoms with E-state index in [-0.39, 0.29) is 5.54 Å². The zero-order valence-electron chi connectivity index (χ0n) is 16.9. The van der Waals surface area contributed by atoms with Gasteiger partial charge in [-0.25, -0.2) is 0 Å². The van der Waals surface area contributed by atoms with Crippen LogP contribution in [0.5, 0.6) is 0 Å². The molecule has 2 aromatic rings. The van der Waals surface area contributed by atoms with Crippen LogP contribution < -0.4 is 5.32 Å². The fourth-order valence-corrected chi connectivity index (χ4v) is 5.30. The number of benzene rings is 2. The molecule has 0 bridgehead atoms. The van der Waals surface area contributed by atoms with Gasteiger partial charge in [-0.15, -0.1) is 0 Å². The highest BCUT2D eigenvalue weighted by Crippen LogP contribution is 2.51. The predicted octanol–water partition coefficient (Wildman–Crippen LogP) is 6.39. The maximum absolute atomic E-state index is 4.19. The Balaban J connectivity index is 2.19. The summed E-state index contributed by atoms with van der Waals surface area (Å²) in [5, 5.41) is 4.19. The largest absolute Gasteiger partial charge is 0.300 e. The molecule has 0 saturated carbocycles. The van der Waals surface area contributed by atoms with E-state index >= 15 is 0 Å². The summed E-state index contributed by atoms with van der Waals surface area (Å²) in [6.07, 6.45) is 5.00. The lowest BCUT2D eigenvalue weighted by Gasteiger charge is -2.39. The highest BCUT2D eigenvalue weighted by Gasteiger charge is 2.53. The Morgan fingerprint density at radius 1 is 0.885 bits per heavy atom. The molecule has 2 aromatic carbocycles. The van der Waals surface area contributed by atoms with Crippen LogP contribution in [-0.4, -0.2) is 6.04 Å². The van der Waals surface area contributed by atoms with Crippen molar-refractivity contribution in [3.8, 4) is 0 Å². The van der Waals surface area contributed by atoms with E-state index in [9.17, 15) is 0 Å². The van der Waals surface area contributed by atoms with Gasteiger partial charge in [0, 0.05) is 6.04 Å². The topological polar surface area (TPSA) is 12.0 Å². The maximum atomic E-state index is 4.19. The molecule has 140 valence electrons. The van der Waals surface area contributed by atoms with Crippen LogP contribution in [0, 0.1) is 17.8 Å². The minimum absolute atomic E-state index is 0.0761. The molecule has 3 atom stereocenters. The number of nitrogens with one attached hydrogen (secondary N) is 1. The molecule has 1 heteroatoms. The molecule has 0 amide bonds. The molecular formula is C25H35N. The molecule has 26 heavy (non-hydrogen) atoms. The third kappa shape index (κ3) is 3.47. The van der Waals surface area contributed by atoms with E-state index in [4.69, 9.17) is 0 Å². The van der Waals surface area contributed by atoms with Crippen LogP contribution in [0.4, 0.5) is 0 Å². The van der Waals surface area contributed by atoms with Gasteiger partial charge in [0.15, 0.2) is 0 Å². The van der Waals surface area contributed by atoms with E-state index < -0.39 is 0 Å². The average Bonchev–Trinajstić information content (AvgIpc) is 2.97. The van der Waals surface area contributed by atoms with Crippen LogP contribution >= 0.6 is 0 Å². The standard InChI is InChI=1S/C25H35N/c1-5-13-24-22(6-2)23(18-19(3)4)25(26-24,20-14-9-7-10-15-20)21-16-11-8-12-17-21/h7-12,14-17,19,22-24,26H,5-6,13,18H2,1-4H3/t22?,23-,24-/m0/s1. The fourth-order valence-electron chi connectivity index (χ4n) is 5.30. The van der Waals surface area contributed by atoms with Gasteiger partial charge in [-0.1, -0.05) is 101 Å². The SMILES string of the molecule is CCC[C@@H]1NC(c2ccccc2)(c2ccccc2)[C@@H](CC(C)C)C1CC. The zero-order valence-corrected chi connectivity index (χ0v) is 16.9. The average molecular weight is 350 g/mol. The molecular weight excluding hydrogens is 314 g/mol. The molecule has 0 spiro atoms. The smallest absolute Gasteiger partial charge is 0.0724 e. The van der Waals surface area contributed by atoms with Crippen LogP contribution in [0.15, 0.2) is 60.7 Å². The summed E-state index contributed by atoms with van der Waals surface area (Å²) in [5.74, 6) is 2.04. The quantitative estimate of drug-likeness (QED) is 0.610. The van der Waals surface area contributed by atoms with Gasteiger partial charge < -0.3 is 5.32 Å². The minimum atomic E-state index is -0.0761. The van der Waals surface area contributed by atoms with Gasteiger partial charge in [-0.3, -0.25) is 0 Å². The fraction of sp³-hybridized carbons (Fsp3) is 0.520. The van der Waals surface area contributed by atoms with Gasteiger partial charge >= 0.3 is 0 Å². The first kappa shape index (κ1) is 19.2. The molecule has 0 aliphatic carbocycles. The predicted molar refractivity (Wildman–Crippen MR) is 112 cm³/mol. The normalized spacial score (nSPS) is 24.9. The van der Waals surface area contributed by atoms with Crippen molar-refractivity contribution in [3.63, 3.8) is 0 Å². The van der Waals surface area contributed by atoms with Crippen molar-refractivity contribution >= 4 is 0 Å². The first-order valence-corrected chi connectivity index (χ1v) is 10.5. The van der Waals surface area contributed by atoms with Crippen molar-refractivity contribution in [3.05, 3.63) is 71.8 Å². The molecule has 1 heterocycles. The van der Waals surface area contributed by atoms with Gasteiger partial charge in [0.25, 0.3) is 0 Å². The van der Waals surface area contributed by atoms with Gasteiger partial charge in [-0.05, 0) is 41.7 Å². The van der Waals surface area contributed by atoms with E-state index in [0.29, 0.717) is 17.9 Å². The lowest BCUT2D eigenvalue weighted by atomic mass is 9.67. The summed E-state index contributed by atoms with van der Waals surface area (Å²) in [5.41, 5.74) is 2.77. The van der Waals surface area contributed by atoms with Crippen LogP contribution in [-0.2, 0) is 5.54 Å². The van der Waals surface area contributed by atoms with Gasteiger partial charge in [-0.2, -0.15) is 0 Å². The van der Waals surface area contributed by atoms with Crippen molar-refractivity contribution in [2.75, 3.05) is 0 Å². The van der Waals surface area contributed by atoms with Crippen molar-refractivity contribution < 1.29 is 0 Å². The molecule has 1 aliphatic rings. The van der Waals surface area contributed by atoms with E-state index in [0.717, 1.165) is 5.92 Å². The Morgan fingerprint density at radius 2 is 1.42 bits per heavy atom. The maximum Gasteiger partial charge on any atom is 0.0724 e. The van der Waals surface area contributed by atoms with Crippen LogP contribution in [0.1, 0.15) is 64.5 Å². The summed E-state index contributed by atoms with van der Waals surface area (Å²) < 4.78 is 0. The van der Waals surface area contributed by atoms with E-state index in [2.05, 4.69) is 93.7 Å². The summed E-state index contributed by atoms with van der Waals surface area (Å²) in [6, 6.07) is 23.0. The zero-order chi connectivity index (χ0) is 18.6. The first-order valence-electron chi connectivity index (χ1n) is 10.5. The highest BCUT2D eigenvalue weighted by molar-refractivity contribution is 5.42. The molecule has 1 aliphatic heterocycles. The van der Waals surface area contributed by atoms with Gasteiger partial charge in [0.1, 0.15) is 0 Å². The van der Waals surface area contributed by atoms with Crippen molar-refractivity contribution in [2.24, 2.45) is 17.8 Å². The molecule has 1 N–H and O–H groups in total. The number of hydrogen-bond acceptors (Lipinski definition) is 1. The van der Waals surface area contributed by atoms with E-state index in [1.807, 2.05) is 0 Å². The Kier molecular flexibility index (Phi) is 6.19. The monoisotopic (exact) mass is 349 g/mol. The first-order chi connectivity index (χ1) is 12.6. The van der Waals surface area contributed by atoms with Gasteiger partial charge in [0.2, 0.25) is 0 Å². The number of rotatable bonds is 7. The molecule has 0 radical (unpaired) electrons. The second-order valence-electron chi connectivity index (χ2n) is 8.39. The summed E-state index contributed by atoms with van der Waals surface area (Å²) >= 11 is 0. The Labute approximate surface area is 160 Å². The van der Waals surface area contributed by atoms with E-state index in [1.54, 1.807) is 0 Å². The third-order valence-electron chi connectivity index (χ3n) is 6.26. The van der Waals surface area contributed by atoms with Crippen molar-refractivity contribution in [1.82, 2.24) is 5.32 Å². The number of hydrogen-bond donors (Lipinski definition) is 1. The summed E-state index contributed by atoms with van der Waals surface area (Å²) in [6.45, 7) is 9.45. The Hall–Kier alpha value is -1.60. The van der Waals surface area contributed by atoms with Gasteiger partial charge in [0.05, 0.1) is 5.54 Å². The molecule has 0 aromatic heterocycles. The molecule has 1 nitrogen and oxygen atoms in total. The second-order valence-corrected chi connectivity index (χ2v) is 8.39. The van der Waals surface area contributed by atoms with Crippen LogP contribution in [0.3, 0.4) is 0 Å². The summed E-state index contributed by atoms with van der Waals surface area (Å²) in [4.78, 5) is 0. The van der Waals surface area contributed by atoms with Crippen LogP contribution in [0.2, 0.25) is 0 Å². The lowest BCUT2D eigenvalue weighted by molar-refractivity contribution is 0.235. The van der Waals surface area contributed by atoms with E-state index in [1.165, 1.54) is 36.8 Å². The van der Waals surface area contributed by atoms with Crippen LogP contribution in [0.25, 0.3) is 0 Å². The second kappa shape index (κ2) is 8.39. The molecule has 1 unspecified atom stereocenters. The summed E-state index contributed by atoms with van der Waals surface area (Å²) in [7, 11) is 0. The minimum Gasteiger partial charge on any atom is -0.300 e. The van der Waals surface area contributed by atoms with Crippen molar-refractivity contribution in [2.45, 2.75) is 65.0 Å². The molecule has 1 saturated heterocycles. The lowest BCUT2D eigenvalue weighted by Crippen LogP contribution is -2.45. The third-order valence-corrected chi connectivity index (χ3v) is 6.26. The Morgan fingerprint density at radius 3 is 1.85 bits per heavy atom. The molecule has 3 rings (SSSR count). The van der Waals surface area contributed by atoms with Crippen molar-refractivity contribution in [1.29, 1.82) is 0 Å². The highest BCUT2D eigenvalue weighted by atomic mass is 15.1. The molecule has 1 fully saturated rings. The Bertz CT molecular complexity index is 622.